The van der Waals surface area contributed by atoms with Gasteiger partial charge >= 0.3 is 0 Å². The summed E-state index contributed by atoms with van der Waals surface area (Å²) in [5.41, 5.74) is 2.98. The Morgan fingerprint density at radius 3 is 2.58 bits per heavy atom. The number of aliphatic hydroxyl groups is 1. The van der Waals surface area contributed by atoms with Crippen LogP contribution in [0, 0.1) is 0 Å². The summed E-state index contributed by atoms with van der Waals surface area (Å²) in [5.74, 6) is 1.32. The van der Waals surface area contributed by atoms with Crippen LogP contribution in [0.15, 0.2) is 36.4 Å². The minimum atomic E-state index is 0.000873. The molecule has 0 saturated heterocycles. The van der Waals surface area contributed by atoms with Crippen molar-refractivity contribution in [3.8, 4) is 11.6 Å². The maximum absolute atomic E-state index is 9.25. The second-order valence-corrected chi connectivity index (χ2v) is 4.42. The number of hydrogen-bond donors (Lipinski definition) is 1. The molecule has 0 radical (unpaired) electrons. The smallest absolute Gasteiger partial charge is 0.219 e. The van der Waals surface area contributed by atoms with Gasteiger partial charge in [0.05, 0.1) is 6.61 Å². The molecule has 2 aromatic rings. The van der Waals surface area contributed by atoms with E-state index in [2.05, 4.69) is 18.0 Å². The van der Waals surface area contributed by atoms with Gasteiger partial charge in [0.1, 0.15) is 5.75 Å². The summed E-state index contributed by atoms with van der Waals surface area (Å²) >= 11 is 0. The van der Waals surface area contributed by atoms with Crippen LogP contribution in [0.2, 0.25) is 0 Å². The van der Waals surface area contributed by atoms with Gasteiger partial charge in [-0.05, 0) is 42.2 Å². The van der Waals surface area contributed by atoms with Gasteiger partial charge in [-0.3, -0.25) is 0 Å². The molecule has 0 unspecified atom stereocenters. The van der Waals surface area contributed by atoms with Crippen molar-refractivity contribution in [1.82, 2.24) is 4.98 Å². The van der Waals surface area contributed by atoms with Crippen LogP contribution < -0.4 is 4.74 Å². The maximum atomic E-state index is 9.25. The number of aryl methyl sites for hydroxylation is 2. The average Bonchev–Trinajstić information content (AvgIpc) is 2.47. The molecule has 0 fully saturated rings. The fourth-order valence-corrected chi connectivity index (χ4v) is 1.89. The van der Waals surface area contributed by atoms with Gasteiger partial charge in [-0.2, -0.15) is 0 Å². The van der Waals surface area contributed by atoms with Gasteiger partial charge in [-0.1, -0.05) is 26.0 Å². The largest absolute Gasteiger partial charge is 0.439 e. The van der Waals surface area contributed by atoms with Crippen molar-refractivity contribution < 1.29 is 9.84 Å². The Hall–Kier alpha value is -1.87. The molecular weight excluding hydrogens is 238 g/mol. The number of nitrogens with zero attached hydrogens (tertiary/aromatic N) is 1. The lowest BCUT2D eigenvalue weighted by Crippen LogP contribution is -1.96. The van der Waals surface area contributed by atoms with Crippen LogP contribution in [0.4, 0.5) is 0 Å². The second-order valence-electron chi connectivity index (χ2n) is 4.42. The standard InChI is InChI=1S/C16H19NO2/c1-3-12-6-5-7-15(9-12)19-16-10-13(11-18)8-14(4-2)17-16/h5-10,18H,3-4,11H2,1-2H3. The molecule has 1 heterocycles. The molecule has 1 N–H and O–H groups in total. The normalized spacial score (nSPS) is 10.5. The molecule has 0 amide bonds. The number of pyridine rings is 1. The number of hydrogen-bond acceptors (Lipinski definition) is 3. The summed E-state index contributed by atoms with van der Waals surface area (Å²) in [7, 11) is 0. The minimum Gasteiger partial charge on any atom is -0.439 e. The van der Waals surface area contributed by atoms with E-state index in [4.69, 9.17) is 4.74 Å². The molecule has 1 aromatic carbocycles. The molecule has 0 aliphatic heterocycles. The molecule has 100 valence electrons. The number of rotatable bonds is 5. The van der Waals surface area contributed by atoms with Crippen LogP contribution in [0.5, 0.6) is 11.6 Å². The van der Waals surface area contributed by atoms with Gasteiger partial charge in [0, 0.05) is 11.8 Å². The lowest BCUT2D eigenvalue weighted by molar-refractivity contribution is 0.281. The van der Waals surface area contributed by atoms with Crippen LogP contribution in [0.25, 0.3) is 0 Å². The maximum Gasteiger partial charge on any atom is 0.219 e. The third-order valence-electron chi connectivity index (χ3n) is 2.99. The van der Waals surface area contributed by atoms with Gasteiger partial charge in [0.15, 0.2) is 0 Å². The van der Waals surface area contributed by atoms with E-state index in [0.717, 1.165) is 29.8 Å². The van der Waals surface area contributed by atoms with E-state index in [-0.39, 0.29) is 6.61 Å². The van der Waals surface area contributed by atoms with Crippen molar-refractivity contribution in [2.75, 3.05) is 0 Å². The van der Waals surface area contributed by atoms with E-state index >= 15 is 0 Å². The predicted octanol–water partition coefficient (Wildman–Crippen LogP) is 3.49. The highest BCUT2D eigenvalue weighted by atomic mass is 16.5. The highest BCUT2D eigenvalue weighted by Gasteiger charge is 2.04. The van der Waals surface area contributed by atoms with Crippen LogP contribution >= 0.6 is 0 Å². The lowest BCUT2D eigenvalue weighted by Gasteiger charge is -2.09. The third kappa shape index (κ3) is 3.55. The molecule has 0 spiro atoms. The first-order valence-electron chi connectivity index (χ1n) is 6.62. The zero-order valence-electron chi connectivity index (χ0n) is 11.4. The topological polar surface area (TPSA) is 42.4 Å². The number of ether oxygens (including phenoxy) is 1. The Balaban J connectivity index is 2.26. The fourth-order valence-electron chi connectivity index (χ4n) is 1.89. The summed E-state index contributed by atoms with van der Waals surface area (Å²) in [6, 6.07) is 11.6. The molecule has 2 rings (SSSR count). The highest BCUT2D eigenvalue weighted by molar-refractivity contribution is 5.33. The third-order valence-corrected chi connectivity index (χ3v) is 2.99. The van der Waals surface area contributed by atoms with Crippen LogP contribution in [-0.2, 0) is 19.4 Å². The van der Waals surface area contributed by atoms with Crippen molar-refractivity contribution in [3.05, 3.63) is 53.2 Å². The first-order valence-corrected chi connectivity index (χ1v) is 6.62. The summed E-state index contributed by atoms with van der Waals surface area (Å²) in [5, 5.41) is 9.25. The summed E-state index contributed by atoms with van der Waals surface area (Å²) in [4.78, 5) is 4.42. The molecular formula is C16H19NO2. The van der Waals surface area contributed by atoms with E-state index in [1.54, 1.807) is 6.07 Å². The van der Waals surface area contributed by atoms with Crippen molar-refractivity contribution in [3.63, 3.8) is 0 Å². The quantitative estimate of drug-likeness (QED) is 0.891. The molecule has 0 saturated carbocycles. The van der Waals surface area contributed by atoms with Gasteiger partial charge < -0.3 is 9.84 Å². The van der Waals surface area contributed by atoms with Crippen molar-refractivity contribution in [2.24, 2.45) is 0 Å². The van der Waals surface area contributed by atoms with E-state index in [1.165, 1.54) is 5.56 Å². The summed E-state index contributed by atoms with van der Waals surface area (Å²) in [6.45, 7) is 4.14. The monoisotopic (exact) mass is 257 g/mol. The minimum absolute atomic E-state index is 0.000873. The van der Waals surface area contributed by atoms with E-state index in [0.29, 0.717) is 5.88 Å². The van der Waals surface area contributed by atoms with Gasteiger partial charge in [0.25, 0.3) is 0 Å². The van der Waals surface area contributed by atoms with Crippen molar-refractivity contribution in [1.29, 1.82) is 0 Å². The number of aliphatic hydroxyl groups excluding tert-OH is 1. The predicted molar refractivity (Wildman–Crippen MR) is 75.4 cm³/mol. The Kier molecular flexibility index (Phi) is 4.53. The number of benzene rings is 1. The van der Waals surface area contributed by atoms with E-state index in [1.807, 2.05) is 31.2 Å². The molecule has 3 heteroatoms. The van der Waals surface area contributed by atoms with E-state index < -0.39 is 0 Å². The highest BCUT2D eigenvalue weighted by Crippen LogP contribution is 2.22. The Bertz CT molecular complexity index is 530. The first kappa shape index (κ1) is 13.6. The van der Waals surface area contributed by atoms with Gasteiger partial charge in [-0.15, -0.1) is 0 Å². The van der Waals surface area contributed by atoms with Crippen molar-refractivity contribution in [2.45, 2.75) is 33.3 Å². The first-order chi connectivity index (χ1) is 9.25. The molecule has 0 aliphatic carbocycles. The molecule has 0 atom stereocenters. The molecule has 3 nitrogen and oxygen atoms in total. The number of aromatic nitrogens is 1. The molecule has 0 bridgehead atoms. The lowest BCUT2D eigenvalue weighted by atomic mass is 10.2. The Labute approximate surface area is 113 Å². The van der Waals surface area contributed by atoms with Crippen LogP contribution in [0.1, 0.15) is 30.7 Å². The molecule has 19 heavy (non-hydrogen) atoms. The molecule has 1 aromatic heterocycles. The van der Waals surface area contributed by atoms with Crippen molar-refractivity contribution >= 4 is 0 Å². The summed E-state index contributed by atoms with van der Waals surface area (Å²) < 4.78 is 5.78. The van der Waals surface area contributed by atoms with Crippen LogP contribution in [-0.4, -0.2) is 10.1 Å². The van der Waals surface area contributed by atoms with E-state index in [9.17, 15) is 5.11 Å². The van der Waals surface area contributed by atoms with Gasteiger partial charge in [0.2, 0.25) is 5.88 Å². The van der Waals surface area contributed by atoms with Gasteiger partial charge in [-0.25, -0.2) is 4.98 Å². The zero-order valence-corrected chi connectivity index (χ0v) is 11.4. The average molecular weight is 257 g/mol. The SMILES string of the molecule is CCc1cccc(Oc2cc(CO)cc(CC)n2)c1. The molecule has 0 aliphatic rings. The zero-order chi connectivity index (χ0) is 13.7. The fraction of sp³-hybridized carbons (Fsp3) is 0.312. The summed E-state index contributed by atoms with van der Waals surface area (Å²) in [6.07, 6.45) is 1.79. The second kappa shape index (κ2) is 6.34. The Morgan fingerprint density at radius 1 is 1.05 bits per heavy atom. The Morgan fingerprint density at radius 2 is 1.89 bits per heavy atom. The van der Waals surface area contributed by atoms with Crippen LogP contribution in [0.3, 0.4) is 0 Å².